The molecule has 278 valence electrons. The van der Waals surface area contributed by atoms with Crippen LogP contribution in [-0.2, 0) is 41.3 Å². The van der Waals surface area contributed by atoms with E-state index < -0.39 is 25.3 Å². The van der Waals surface area contributed by atoms with E-state index in [4.69, 9.17) is 23.0 Å². The molecule has 0 bridgehead atoms. The molecule has 0 aliphatic carbocycles. The highest BCUT2D eigenvalue weighted by Gasteiger charge is 2.32. The molecule has 0 saturated carbocycles. The fraction of sp³-hybridized carbons (Fsp3) is 0.359. The first-order chi connectivity index (χ1) is 25.2. The zero-order valence-corrected chi connectivity index (χ0v) is 31.0. The molecule has 2 atom stereocenters. The third-order valence-corrected chi connectivity index (χ3v) is 10.4. The SMILES string of the molecule is CCCCC[C@@H](C(=O)NCNC(=O)c1ccc(-c2cc(OCc3ccccc3)cc(P(=O)(OC)OC)c2)o1)[C@@H](CC)C(=O)NOCc1ccccc1. The molecule has 52 heavy (non-hydrogen) atoms. The third-order valence-electron chi connectivity index (χ3n) is 8.53. The highest BCUT2D eigenvalue weighted by molar-refractivity contribution is 7.62. The van der Waals surface area contributed by atoms with Gasteiger partial charge in [-0.05, 0) is 54.3 Å². The molecule has 0 spiro atoms. The molecule has 0 fully saturated rings. The molecule has 4 rings (SSSR count). The highest BCUT2D eigenvalue weighted by Crippen LogP contribution is 2.46. The maximum atomic E-state index is 13.4. The number of hydrogen-bond donors (Lipinski definition) is 3. The minimum Gasteiger partial charge on any atom is -0.489 e. The molecular weight excluding hydrogens is 685 g/mol. The second-order valence-corrected chi connectivity index (χ2v) is 14.3. The van der Waals surface area contributed by atoms with Gasteiger partial charge in [-0.15, -0.1) is 0 Å². The Balaban J connectivity index is 1.40. The van der Waals surface area contributed by atoms with Gasteiger partial charge in [0.1, 0.15) is 18.1 Å². The Morgan fingerprint density at radius 2 is 1.44 bits per heavy atom. The van der Waals surface area contributed by atoms with Crippen LogP contribution in [0.3, 0.4) is 0 Å². The lowest BCUT2D eigenvalue weighted by molar-refractivity contribution is -0.144. The van der Waals surface area contributed by atoms with Crippen molar-refractivity contribution < 1.29 is 42.0 Å². The predicted molar refractivity (Wildman–Crippen MR) is 197 cm³/mol. The van der Waals surface area contributed by atoms with Crippen LogP contribution in [-0.4, -0.2) is 38.6 Å². The maximum absolute atomic E-state index is 13.4. The van der Waals surface area contributed by atoms with Gasteiger partial charge >= 0.3 is 7.60 Å². The second-order valence-electron chi connectivity index (χ2n) is 12.1. The van der Waals surface area contributed by atoms with E-state index >= 15 is 0 Å². The maximum Gasteiger partial charge on any atom is 0.360 e. The number of carbonyl (C=O) groups excluding carboxylic acids is 3. The van der Waals surface area contributed by atoms with Crippen molar-refractivity contribution in [2.45, 2.75) is 59.2 Å². The molecule has 0 aliphatic heterocycles. The first-order valence-corrected chi connectivity index (χ1v) is 18.9. The van der Waals surface area contributed by atoms with E-state index in [1.807, 2.05) is 67.6 Å². The minimum atomic E-state index is -3.67. The molecule has 0 radical (unpaired) electrons. The van der Waals surface area contributed by atoms with Crippen LogP contribution in [0.4, 0.5) is 0 Å². The quantitative estimate of drug-likeness (QED) is 0.0359. The number of benzene rings is 3. The standard InChI is InChI=1S/C39H48N3O9P/c1-5-7-10-19-34(33(6-2)38(44)42-50-26-29-17-13-9-14-18-29)37(43)40-27-41-39(45)36-21-20-35(51-36)30-22-31(49-25-28-15-11-8-12-16-28)24-32(23-30)52(46,47-3)48-4/h8-9,11-18,20-24,33-34H,5-7,10,19,25-27H2,1-4H3,(H,40,43)(H,41,45)(H,42,44)/t33-,34-/m1/s1. The van der Waals surface area contributed by atoms with Crippen LogP contribution in [0.2, 0.25) is 0 Å². The summed E-state index contributed by atoms with van der Waals surface area (Å²) in [7, 11) is -1.08. The number of carbonyl (C=O) groups is 3. The van der Waals surface area contributed by atoms with E-state index in [2.05, 4.69) is 23.0 Å². The Morgan fingerprint density at radius 3 is 2.08 bits per heavy atom. The largest absolute Gasteiger partial charge is 0.489 e. The molecule has 0 saturated heterocycles. The van der Waals surface area contributed by atoms with Crippen LogP contribution >= 0.6 is 7.60 Å². The molecule has 0 aliphatic rings. The molecule has 13 heteroatoms. The molecule has 3 amide bonds. The van der Waals surface area contributed by atoms with Crippen molar-refractivity contribution in [3.05, 3.63) is 108 Å². The summed E-state index contributed by atoms with van der Waals surface area (Å²) in [5.74, 6) is -1.83. The lowest BCUT2D eigenvalue weighted by Gasteiger charge is -2.24. The van der Waals surface area contributed by atoms with Gasteiger partial charge in [0, 0.05) is 25.7 Å². The summed E-state index contributed by atoms with van der Waals surface area (Å²) < 4.78 is 35.7. The van der Waals surface area contributed by atoms with Crippen molar-refractivity contribution in [2.24, 2.45) is 11.8 Å². The van der Waals surface area contributed by atoms with Gasteiger partial charge < -0.3 is 28.8 Å². The summed E-state index contributed by atoms with van der Waals surface area (Å²) in [6.45, 7) is 4.20. The van der Waals surface area contributed by atoms with Gasteiger partial charge in [-0.3, -0.25) is 23.8 Å². The molecule has 1 aromatic heterocycles. The first-order valence-electron chi connectivity index (χ1n) is 17.4. The van der Waals surface area contributed by atoms with Crippen LogP contribution in [0.5, 0.6) is 5.75 Å². The summed E-state index contributed by atoms with van der Waals surface area (Å²) >= 11 is 0. The number of furan rings is 1. The average molecular weight is 734 g/mol. The summed E-state index contributed by atoms with van der Waals surface area (Å²) in [6, 6.07) is 27.0. The summed E-state index contributed by atoms with van der Waals surface area (Å²) in [4.78, 5) is 45.1. The van der Waals surface area contributed by atoms with Gasteiger partial charge in [0.2, 0.25) is 11.8 Å². The Labute approximate surface area is 305 Å². The number of ether oxygens (including phenoxy) is 1. The van der Waals surface area contributed by atoms with Gasteiger partial charge in [-0.1, -0.05) is 93.8 Å². The van der Waals surface area contributed by atoms with Crippen molar-refractivity contribution in [3.8, 4) is 17.1 Å². The minimum absolute atomic E-state index is 0.0102. The van der Waals surface area contributed by atoms with Crippen molar-refractivity contribution >= 4 is 30.6 Å². The molecule has 3 aromatic carbocycles. The van der Waals surface area contributed by atoms with Crippen molar-refractivity contribution in [1.82, 2.24) is 16.1 Å². The average Bonchev–Trinajstić information content (AvgIpc) is 3.68. The number of rotatable bonds is 21. The smallest absolute Gasteiger partial charge is 0.360 e. The lowest BCUT2D eigenvalue weighted by Crippen LogP contribution is -2.45. The van der Waals surface area contributed by atoms with Crippen molar-refractivity contribution in [2.75, 3.05) is 20.9 Å². The Kier molecular flexibility index (Phi) is 15.7. The monoisotopic (exact) mass is 733 g/mol. The van der Waals surface area contributed by atoms with Crippen molar-refractivity contribution in [3.63, 3.8) is 0 Å². The molecule has 4 aromatic rings. The normalized spacial score (nSPS) is 12.5. The fourth-order valence-electron chi connectivity index (χ4n) is 5.66. The third kappa shape index (κ3) is 11.4. The van der Waals surface area contributed by atoms with Gasteiger partial charge in [-0.2, -0.15) is 0 Å². The number of hydrogen-bond acceptors (Lipinski definition) is 9. The zero-order chi connectivity index (χ0) is 37.3. The van der Waals surface area contributed by atoms with Crippen LogP contribution in [0, 0.1) is 11.8 Å². The fourth-order valence-corrected chi connectivity index (χ4v) is 6.81. The van der Waals surface area contributed by atoms with E-state index in [-0.39, 0.29) is 42.8 Å². The predicted octanol–water partition coefficient (Wildman–Crippen LogP) is 6.91. The Morgan fingerprint density at radius 1 is 0.769 bits per heavy atom. The van der Waals surface area contributed by atoms with Crippen LogP contribution in [0.25, 0.3) is 11.3 Å². The van der Waals surface area contributed by atoms with Gasteiger partial charge in [0.25, 0.3) is 5.91 Å². The first kappa shape index (κ1) is 40.0. The zero-order valence-electron chi connectivity index (χ0n) is 30.1. The summed E-state index contributed by atoms with van der Waals surface area (Å²) in [6.07, 6.45) is 3.59. The van der Waals surface area contributed by atoms with E-state index in [0.29, 0.717) is 29.9 Å². The molecule has 3 N–H and O–H groups in total. The van der Waals surface area contributed by atoms with E-state index in [1.54, 1.807) is 24.3 Å². The Hall–Kier alpha value is -4.74. The Bertz CT molecular complexity index is 1770. The number of nitrogens with one attached hydrogen (secondary N) is 3. The summed E-state index contributed by atoms with van der Waals surface area (Å²) in [5, 5.41) is 5.67. The summed E-state index contributed by atoms with van der Waals surface area (Å²) in [5.41, 5.74) is 4.84. The molecule has 0 unspecified atom stereocenters. The van der Waals surface area contributed by atoms with Crippen LogP contribution < -0.4 is 26.2 Å². The molecule has 1 heterocycles. The number of unbranched alkanes of at least 4 members (excludes halogenated alkanes) is 2. The van der Waals surface area contributed by atoms with Crippen molar-refractivity contribution in [1.29, 1.82) is 0 Å². The van der Waals surface area contributed by atoms with Crippen LogP contribution in [0.15, 0.2) is 95.4 Å². The highest BCUT2D eigenvalue weighted by atomic mass is 31.2. The molecule has 12 nitrogen and oxygen atoms in total. The van der Waals surface area contributed by atoms with Gasteiger partial charge in [0.05, 0.1) is 24.5 Å². The lowest BCUT2D eigenvalue weighted by atomic mass is 9.84. The topological polar surface area (TPSA) is 154 Å². The van der Waals surface area contributed by atoms with E-state index in [0.717, 1.165) is 30.4 Å². The van der Waals surface area contributed by atoms with Gasteiger partial charge in [-0.25, -0.2) is 5.48 Å². The number of hydroxylamine groups is 1. The van der Waals surface area contributed by atoms with Crippen LogP contribution in [0.1, 0.15) is 67.6 Å². The van der Waals surface area contributed by atoms with Gasteiger partial charge in [0.15, 0.2) is 5.76 Å². The second kappa shape index (κ2) is 20.3. The number of amides is 3. The van der Waals surface area contributed by atoms with E-state index in [1.165, 1.54) is 20.3 Å². The molecular formula is C39H48N3O9P. The van der Waals surface area contributed by atoms with E-state index in [9.17, 15) is 18.9 Å².